The van der Waals surface area contributed by atoms with Gasteiger partial charge in [-0.05, 0) is 42.0 Å². The first-order chi connectivity index (χ1) is 16.0. The molecule has 2 N–H and O–H groups in total. The number of hydrogen-bond donors (Lipinski definition) is 2. The molecule has 6 nitrogen and oxygen atoms in total. The highest BCUT2D eigenvalue weighted by Gasteiger charge is 2.22. The lowest BCUT2D eigenvalue weighted by Crippen LogP contribution is -2.21. The number of aromatic nitrogens is 2. The van der Waals surface area contributed by atoms with Gasteiger partial charge in [-0.25, -0.2) is 9.48 Å². The van der Waals surface area contributed by atoms with Crippen molar-refractivity contribution in [2.45, 2.75) is 10.8 Å². The molecule has 1 aromatic heterocycles. The Morgan fingerprint density at radius 3 is 2.48 bits per heavy atom. The summed E-state index contributed by atoms with van der Waals surface area (Å²) >= 11 is 13.6. The molecule has 33 heavy (non-hydrogen) atoms. The van der Waals surface area contributed by atoms with Crippen molar-refractivity contribution in [3.8, 4) is 11.8 Å². The molecule has 2 amide bonds. The zero-order valence-electron chi connectivity index (χ0n) is 17.1. The lowest BCUT2D eigenvalue weighted by molar-refractivity contribution is 0.262. The molecule has 0 spiro atoms. The molecule has 4 aromatic rings. The topological polar surface area (TPSA) is 82.7 Å². The van der Waals surface area contributed by atoms with E-state index in [-0.39, 0.29) is 11.4 Å². The van der Waals surface area contributed by atoms with Crippen molar-refractivity contribution in [3.63, 3.8) is 0 Å². The summed E-state index contributed by atoms with van der Waals surface area (Å²) in [7, 11) is 0. The van der Waals surface area contributed by atoms with Crippen molar-refractivity contribution in [2.24, 2.45) is 0 Å². The van der Waals surface area contributed by atoms with Gasteiger partial charge in [-0.1, -0.05) is 77.4 Å². The van der Waals surface area contributed by atoms with Crippen LogP contribution in [0, 0.1) is 11.3 Å². The van der Waals surface area contributed by atoms with Crippen molar-refractivity contribution in [3.05, 3.63) is 100 Å². The summed E-state index contributed by atoms with van der Waals surface area (Å²) in [5.41, 5.74) is 2.42. The first-order valence-electron chi connectivity index (χ1n) is 9.83. The minimum absolute atomic E-state index is 0.261. The molecule has 0 aliphatic rings. The van der Waals surface area contributed by atoms with Gasteiger partial charge in [0.1, 0.15) is 16.7 Å². The number of nitriles is 1. The van der Waals surface area contributed by atoms with Gasteiger partial charge in [0, 0.05) is 21.5 Å². The van der Waals surface area contributed by atoms with E-state index in [1.807, 2.05) is 54.6 Å². The van der Waals surface area contributed by atoms with E-state index < -0.39 is 6.03 Å². The van der Waals surface area contributed by atoms with Crippen molar-refractivity contribution in [1.82, 2.24) is 9.78 Å². The SMILES string of the molecule is N#Cc1c(SCc2ccccc2Cl)nn(-c2ccccc2)c1NC(=O)Nc1cccc(Cl)c1. The fraction of sp³-hybridized carbons (Fsp3) is 0.0417. The van der Waals surface area contributed by atoms with Crippen LogP contribution in [-0.2, 0) is 5.75 Å². The number of carbonyl (C=O) groups excluding carboxylic acids is 1. The van der Waals surface area contributed by atoms with Gasteiger partial charge in [-0.2, -0.15) is 10.4 Å². The minimum atomic E-state index is -0.520. The molecule has 3 aromatic carbocycles. The second-order valence-electron chi connectivity index (χ2n) is 6.86. The van der Waals surface area contributed by atoms with E-state index in [9.17, 15) is 10.1 Å². The van der Waals surface area contributed by atoms with Crippen LogP contribution in [0.15, 0.2) is 83.9 Å². The molecular formula is C24H17Cl2N5OS. The molecular weight excluding hydrogens is 477 g/mol. The summed E-state index contributed by atoms with van der Waals surface area (Å²) in [4.78, 5) is 12.7. The molecule has 0 saturated carbocycles. The van der Waals surface area contributed by atoms with Gasteiger partial charge in [-0.15, -0.1) is 0 Å². The number of anilines is 2. The van der Waals surface area contributed by atoms with Gasteiger partial charge < -0.3 is 5.32 Å². The lowest BCUT2D eigenvalue weighted by atomic mass is 10.2. The molecule has 0 aliphatic heterocycles. The summed E-state index contributed by atoms with van der Waals surface area (Å²) in [6.07, 6.45) is 0. The average Bonchev–Trinajstić information content (AvgIpc) is 3.16. The monoisotopic (exact) mass is 493 g/mol. The van der Waals surface area contributed by atoms with E-state index in [1.165, 1.54) is 11.8 Å². The van der Waals surface area contributed by atoms with Crippen LogP contribution in [0.2, 0.25) is 10.0 Å². The average molecular weight is 494 g/mol. The third kappa shape index (κ3) is 5.49. The Balaban J connectivity index is 1.66. The number of thioether (sulfide) groups is 1. The van der Waals surface area contributed by atoms with Gasteiger partial charge in [0.2, 0.25) is 0 Å². The van der Waals surface area contributed by atoms with E-state index in [2.05, 4.69) is 21.8 Å². The van der Waals surface area contributed by atoms with E-state index in [0.29, 0.717) is 32.2 Å². The van der Waals surface area contributed by atoms with E-state index >= 15 is 0 Å². The van der Waals surface area contributed by atoms with Crippen LogP contribution in [0.5, 0.6) is 0 Å². The molecule has 9 heteroatoms. The Hall–Kier alpha value is -3.44. The Kier molecular flexibility index (Phi) is 7.20. The molecule has 0 saturated heterocycles. The first kappa shape index (κ1) is 22.7. The standard InChI is InChI=1S/C24H17Cl2N5OS/c25-17-8-6-9-18(13-17)28-24(32)29-22-20(14-27)23(30-31(22)19-10-2-1-3-11-19)33-15-16-7-4-5-12-21(16)26/h1-13H,15H2,(H2,28,29,32). The second kappa shape index (κ2) is 10.5. The Morgan fingerprint density at radius 2 is 1.76 bits per heavy atom. The van der Waals surface area contributed by atoms with Gasteiger partial charge >= 0.3 is 6.03 Å². The maximum Gasteiger partial charge on any atom is 0.324 e. The molecule has 0 aliphatic carbocycles. The van der Waals surface area contributed by atoms with E-state index in [0.717, 1.165) is 5.56 Å². The predicted octanol–water partition coefficient (Wildman–Crippen LogP) is 6.99. The van der Waals surface area contributed by atoms with E-state index in [4.69, 9.17) is 23.2 Å². The van der Waals surface area contributed by atoms with Crippen LogP contribution >= 0.6 is 35.0 Å². The lowest BCUT2D eigenvalue weighted by Gasteiger charge is -2.10. The molecule has 0 bridgehead atoms. The van der Waals surface area contributed by atoms with Crippen LogP contribution in [0.25, 0.3) is 5.69 Å². The fourth-order valence-electron chi connectivity index (χ4n) is 3.07. The molecule has 1 heterocycles. The van der Waals surface area contributed by atoms with Gasteiger partial charge in [0.15, 0.2) is 5.82 Å². The number of benzene rings is 3. The zero-order chi connectivity index (χ0) is 23.2. The summed E-state index contributed by atoms with van der Waals surface area (Å²) in [6.45, 7) is 0. The second-order valence-corrected chi connectivity index (χ2v) is 8.67. The third-order valence-corrected chi connectivity index (χ3v) is 6.22. The highest BCUT2D eigenvalue weighted by molar-refractivity contribution is 7.98. The summed E-state index contributed by atoms with van der Waals surface area (Å²) in [5, 5.41) is 21.7. The fourth-order valence-corrected chi connectivity index (χ4v) is 4.51. The molecule has 0 unspecified atom stereocenters. The summed E-state index contributed by atoms with van der Waals surface area (Å²) < 4.78 is 1.55. The minimum Gasteiger partial charge on any atom is -0.308 e. The Labute approximate surface area is 205 Å². The highest BCUT2D eigenvalue weighted by Crippen LogP contribution is 2.33. The summed E-state index contributed by atoms with van der Waals surface area (Å²) in [6, 6.07) is 25.2. The Bertz CT molecular complexity index is 1330. The summed E-state index contributed by atoms with van der Waals surface area (Å²) in [5.74, 6) is 0.791. The van der Waals surface area contributed by atoms with Crippen molar-refractivity contribution < 1.29 is 4.79 Å². The van der Waals surface area contributed by atoms with Crippen molar-refractivity contribution in [1.29, 1.82) is 5.26 Å². The maximum atomic E-state index is 12.7. The first-order valence-corrected chi connectivity index (χ1v) is 11.6. The number of nitrogens with zero attached hydrogens (tertiary/aromatic N) is 3. The number of nitrogens with one attached hydrogen (secondary N) is 2. The number of hydrogen-bond acceptors (Lipinski definition) is 4. The van der Waals surface area contributed by atoms with Gasteiger partial charge in [0.25, 0.3) is 0 Å². The molecule has 164 valence electrons. The van der Waals surface area contributed by atoms with E-state index in [1.54, 1.807) is 28.9 Å². The normalized spacial score (nSPS) is 10.5. The van der Waals surface area contributed by atoms with Crippen LogP contribution < -0.4 is 10.6 Å². The smallest absolute Gasteiger partial charge is 0.308 e. The van der Waals surface area contributed by atoms with Crippen LogP contribution in [-0.4, -0.2) is 15.8 Å². The molecule has 0 atom stereocenters. The number of rotatable bonds is 6. The van der Waals surface area contributed by atoms with Crippen molar-refractivity contribution in [2.75, 3.05) is 10.6 Å². The van der Waals surface area contributed by atoms with Gasteiger partial charge in [0.05, 0.1) is 5.69 Å². The third-order valence-electron chi connectivity index (χ3n) is 4.60. The van der Waals surface area contributed by atoms with Crippen LogP contribution in [0.1, 0.15) is 11.1 Å². The number of carbonyl (C=O) groups is 1. The van der Waals surface area contributed by atoms with Gasteiger partial charge in [-0.3, -0.25) is 5.32 Å². The molecule has 0 fully saturated rings. The van der Waals surface area contributed by atoms with Crippen LogP contribution in [0.4, 0.5) is 16.3 Å². The van der Waals surface area contributed by atoms with Crippen LogP contribution in [0.3, 0.4) is 0 Å². The highest BCUT2D eigenvalue weighted by atomic mass is 35.5. The maximum absolute atomic E-state index is 12.7. The predicted molar refractivity (Wildman–Crippen MR) is 133 cm³/mol. The molecule has 4 rings (SSSR count). The zero-order valence-corrected chi connectivity index (χ0v) is 19.5. The molecule has 0 radical (unpaired) electrons. The largest absolute Gasteiger partial charge is 0.324 e. The number of halogens is 2. The number of amides is 2. The quantitative estimate of drug-likeness (QED) is 0.283. The number of urea groups is 1. The Morgan fingerprint density at radius 1 is 1.00 bits per heavy atom. The van der Waals surface area contributed by atoms with Crippen molar-refractivity contribution >= 4 is 52.5 Å². The number of para-hydroxylation sites is 1.